The number of rotatable bonds is 1. The molecule has 84 valence electrons. The number of carbonyl (C=O) groups is 1. The summed E-state index contributed by atoms with van der Waals surface area (Å²) in [6.45, 7) is 4.28. The molecule has 0 amide bonds. The van der Waals surface area contributed by atoms with Gasteiger partial charge in [-0.25, -0.2) is 0 Å². The third-order valence-corrected chi connectivity index (χ3v) is 5.99. The highest BCUT2D eigenvalue weighted by Crippen LogP contribution is 3.13. The minimum atomic E-state index is 0.0822. The normalized spacial score (nSPS) is 53.4. The zero-order valence-corrected chi connectivity index (χ0v) is 10.0. The summed E-state index contributed by atoms with van der Waals surface area (Å²) in [5.74, 6) is 2.80. The van der Waals surface area contributed by atoms with Crippen molar-refractivity contribution in [3.63, 3.8) is 0 Å². The Morgan fingerprint density at radius 1 is 1.24 bits per heavy atom. The van der Waals surface area contributed by atoms with Crippen molar-refractivity contribution < 1.29 is 4.79 Å². The fraction of sp³-hybridized carbons (Fsp3) is 0.438. The minimum absolute atomic E-state index is 0.0822. The molecular formula is C16H14O. The molecule has 4 aliphatic carbocycles. The molecule has 17 heavy (non-hydrogen) atoms. The zero-order chi connectivity index (χ0) is 11.6. The Hall–Kier alpha value is -1.37. The number of benzene rings is 1. The highest BCUT2D eigenvalue weighted by atomic mass is 16.1. The van der Waals surface area contributed by atoms with Crippen LogP contribution in [0.4, 0.5) is 0 Å². The molecule has 0 bridgehead atoms. The highest BCUT2D eigenvalue weighted by molar-refractivity contribution is 6.16. The first kappa shape index (κ1) is 8.68. The van der Waals surface area contributed by atoms with Crippen LogP contribution < -0.4 is 0 Å². The van der Waals surface area contributed by atoms with E-state index in [-0.39, 0.29) is 5.41 Å². The quantitative estimate of drug-likeness (QED) is 0.668. The van der Waals surface area contributed by atoms with Crippen molar-refractivity contribution in [2.24, 2.45) is 28.6 Å². The van der Waals surface area contributed by atoms with E-state index in [1.807, 2.05) is 0 Å². The summed E-state index contributed by atoms with van der Waals surface area (Å²) >= 11 is 0. The van der Waals surface area contributed by atoms with Crippen molar-refractivity contribution >= 4 is 11.9 Å². The van der Waals surface area contributed by atoms with Gasteiger partial charge in [-0.3, -0.25) is 4.79 Å². The van der Waals surface area contributed by atoms with Crippen LogP contribution in [0.25, 0.3) is 6.08 Å². The van der Waals surface area contributed by atoms with Crippen LogP contribution in [0.2, 0.25) is 0 Å². The average molecular weight is 222 g/mol. The second kappa shape index (κ2) is 2.03. The molecule has 1 aromatic carbocycles. The molecule has 0 N–H and O–H groups in total. The molecule has 4 saturated carbocycles. The van der Waals surface area contributed by atoms with E-state index in [1.54, 1.807) is 0 Å². The Morgan fingerprint density at radius 2 is 1.94 bits per heavy atom. The van der Waals surface area contributed by atoms with Gasteiger partial charge in [0.1, 0.15) is 0 Å². The standard InChI is InChI=1S/C16H14O/c1-8-3-5-9(6-4-8)7-10-11-12-13-15(2,14(10)17)16(11,12)13/h3-7,11-13H,1-2H3/b10-7+. The van der Waals surface area contributed by atoms with E-state index in [4.69, 9.17) is 0 Å². The largest absolute Gasteiger partial charge is 0.294 e. The molecule has 5 unspecified atom stereocenters. The monoisotopic (exact) mass is 222 g/mol. The molecule has 0 aromatic heterocycles. The fourth-order valence-electron chi connectivity index (χ4n) is 5.01. The molecule has 0 aliphatic heterocycles. The van der Waals surface area contributed by atoms with Gasteiger partial charge < -0.3 is 0 Å². The predicted molar refractivity (Wildman–Crippen MR) is 65.2 cm³/mol. The first-order chi connectivity index (χ1) is 8.13. The molecule has 0 heterocycles. The molecular weight excluding hydrogens is 208 g/mol. The maximum absolute atomic E-state index is 12.3. The molecule has 1 nitrogen and oxygen atoms in total. The van der Waals surface area contributed by atoms with E-state index in [9.17, 15) is 4.79 Å². The van der Waals surface area contributed by atoms with Gasteiger partial charge >= 0.3 is 0 Å². The third kappa shape index (κ3) is 0.614. The van der Waals surface area contributed by atoms with Crippen LogP contribution in [0.15, 0.2) is 29.8 Å². The van der Waals surface area contributed by atoms with Crippen LogP contribution in [-0.4, -0.2) is 5.78 Å². The summed E-state index contributed by atoms with van der Waals surface area (Å²) in [6.07, 6.45) is 2.14. The molecule has 1 spiro atoms. The van der Waals surface area contributed by atoms with E-state index < -0.39 is 0 Å². The van der Waals surface area contributed by atoms with Crippen molar-refractivity contribution in [2.45, 2.75) is 13.8 Å². The van der Waals surface area contributed by atoms with Gasteiger partial charge in [0.25, 0.3) is 0 Å². The van der Waals surface area contributed by atoms with Crippen molar-refractivity contribution in [3.8, 4) is 0 Å². The summed E-state index contributed by atoms with van der Waals surface area (Å²) in [7, 11) is 0. The Labute approximate surface area is 101 Å². The number of allylic oxidation sites excluding steroid dienone is 1. The third-order valence-electron chi connectivity index (χ3n) is 5.99. The van der Waals surface area contributed by atoms with E-state index in [1.165, 1.54) is 11.1 Å². The van der Waals surface area contributed by atoms with Crippen LogP contribution >= 0.6 is 0 Å². The Kier molecular flexibility index (Phi) is 1.03. The Morgan fingerprint density at radius 3 is 2.53 bits per heavy atom. The van der Waals surface area contributed by atoms with Gasteiger partial charge in [0.15, 0.2) is 5.78 Å². The topological polar surface area (TPSA) is 17.1 Å². The lowest BCUT2D eigenvalue weighted by molar-refractivity contribution is -0.121. The predicted octanol–water partition coefficient (Wildman–Crippen LogP) is 2.84. The highest BCUT2D eigenvalue weighted by Gasteiger charge is 3.14. The number of hydrogen-bond donors (Lipinski definition) is 0. The number of hydrogen-bond acceptors (Lipinski definition) is 1. The molecule has 4 fully saturated rings. The lowest BCUT2D eigenvalue weighted by Gasteiger charge is -2.18. The van der Waals surface area contributed by atoms with Crippen LogP contribution in [0.5, 0.6) is 0 Å². The molecule has 1 aromatic rings. The summed E-state index contributed by atoms with van der Waals surface area (Å²) in [5, 5.41) is 0. The Balaban J connectivity index is 1.58. The SMILES string of the molecule is Cc1ccc(/C=C2/C(=O)C3(C)C4C5C2C543)cc1. The molecule has 1 heteroatoms. The number of ketones is 1. The lowest BCUT2D eigenvalue weighted by atomic mass is 9.84. The number of aryl methyl sites for hydroxylation is 1. The second-order valence-corrected chi connectivity index (χ2v) is 6.46. The van der Waals surface area contributed by atoms with Gasteiger partial charge in [0, 0.05) is 11.0 Å². The van der Waals surface area contributed by atoms with Gasteiger partial charge in [0.05, 0.1) is 0 Å². The summed E-state index contributed by atoms with van der Waals surface area (Å²) in [6, 6.07) is 8.46. The number of fused-ring (bicyclic) bond motifs is 3. The van der Waals surface area contributed by atoms with E-state index in [0.29, 0.717) is 17.1 Å². The maximum atomic E-state index is 12.3. The van der Waals surface area contributed by atoms with Crippen LogP contribution in [0.3, 0.4) is 0 Å². The fourth-order valence-corrected chi connectivity index (χ4v) is 5.01. The van der Waals surface area contributed by atoms with Gasteiger partial charge in [-0.05, 0) is 41.7 Å². The van der Waals surface area contributed by atoms with Gasteiger partial charge in [0.2, 0.25) is 0 Å². The van der Waals surface area contributed by atoms with Crippen molar-refractivity contribution in [3.05, 3.63) is 41.0 Å². The zero-order valence-electron chi connectivity index (χ0n) is 10.0. The van der Waals surface area contributed by atoms with Gasteiger partial charge in [-0.1, -0.05) is 36.8 Å². The van der Waals surface area contributed by atoms with Crippen LogP contribution in [0.1, 0.15) is 18.1 Å². The Bertz CT molecular complexity index is 623. The number of carbonyl (C=O) groups excluding carboxylic acids is 1. The first-order valence-electron chi connectivity index (χ1n) is 6.46. The van der Waals surface area contributed by atoms with Crippen molar-refractivity contribution in [1.29, 1.82) is 0 Å². The number of Topliss-reactive ketones (excluding diaryl/α,β-unsaturated/α-hetero) is 1. The van der Waals surface area contributed by atoms with Crippen molar-refractivity contribution in [2.75, 3.05) is 0 Å². The molecule has 0 radical (unpaired) electrons. The summed E-state index contributed by atoms with van der Waals surface area (Å²) < 4.78 is 0. The van der Waals surface area contributed by atoms with E-state index in [0.717, 1.165) is 17.4 Å². The summed E-state index contributed by atoms with van der Waals surface area (Å²) in [5.41, 5.74) is 4.17. The van der Waals surface area contributed by atoms with E-state index >= 15 is 0 Å². The second-order valence-electron chi connectivity index (χ2n) is 6.46. The van der Waals surface area contributed by atoms with Gasteiger partial charge in [-0.2, -0.15) is 0 Å². The molecule has 5 atom stereocenters. The van der Waals surface area contributed by atoms with E-state index in [2.05, 4.69) is 44.2 Å². The van der Waals surface area contributed by atoms with Gasteiger partial charge in [-0.15, -0.1) is 0 Å². The van der Waals surface area contributed by atoms with Crippen molar-refractivity contribution in [1.82, 2.24) is 0 Å². The average Bonchev–Trinajstić information content (AvgIpc) is 3.18. The van der Waals surface area contributed by atoms with Crippen LogP contribution in [-0.2, 0) is 4.79 Å². The molecule has 0 saturated heterocycles. The smallest absolute Gasteiger partial charge is 0.165 e. The minimum Gasteiger partial charge on any atom is -0.294 e. The molecule has 4 aliphatic rings. The lowest BCUT2D eigenvalue weighted by Crippen LogP contribution is -2.23. The van der Waals surface area contributed by atoms with Crippen LogP contribution in [0, 0.1) is 35.5 Å². The summed E-state index contributed by atoms with van der Waals surface area (Å²) in [4.78, 5) is 12.3. The molecule has 5 rings (SSSR count). The first-order valence-corrected chi connectivity index (χ1v) is 6.46. The maximum Gasteiger partial charge on any atom is 0.165 e.